The number of hydrogen-bond acceptors (Lipinski definition) is 6. The fourth-order valence-corrected chi connectivity index (χ4v) is 2.65. The van der Waals surface area contributed by atoms with Crippen LogP contribution in [-0.4, -0.2) is 32.8 Å². The molecule has 0 spiro atoms. The number of aromatic nitrogens is 4. The third kappa shape index (κ3) is 3.02. The molecular weight excluding hydrogens is 306 g/mol. The number of carbonyl (C=O) groups excluding carboxylic acids is 1. The fourth-order valence-electron chi connectivity index (χ4n) is 2.65. The van der Waals surface area contributed by atoms with Crippen LogP contribution in [0.5, 0.6) is 0 Å². The molecule has 0 saturated heterocycles. The number of hydrogen-bond donors (Lipinski definition) is 1. The van der Waals surface area contributed by atoms with Crippen molar-refractivity contribution in [3.8, 4) is 0 Å². The van der Waals surface area contributed by atoms with Crippen molar-refractivity contribution in [2.75, 3.05) is 11.9 Å². The van der Waals surface area contributed by atoms with E-state index in [1.54, 1.807) is 4.68 Å². The number of allylic oxidation sites excluding steroid dienone is 1. The number of carbonyl (C=O) groups is 1. The number of anilines is 1. The van der Waals surface area contributed by atoms with Crippen LogP contribution < -0.4 is 5.32 Å². The molecule has 24 heavy (non-hydrogen) atoms. The summed E-state index contributed by atoms with van der Waals surface area (Å²) in [5, 5.41) is 14.8. The molecule has 7 nitrogen and oxygen atoms in total. The monoisotopic (exact) mass is 327 g/mol. The lowest BCUT2D eigenvalue weighted by atomic mass is 9.95. The minimum atomic E-state index is -0.406. The van der Waals surface area contributed by atoms with Gasteiger partial charge in [-0.15, -0.1) is 0 Å². The molecule has 2 heterocycles. The molecular formula is C17H21N5O2. The summed E-state index contributed by atoms with van der Waals surface area (Å²) < 4.78 is 7.08. The number of tetrazole rings is 1. The summed E-state index contributed by atoms with van der Waals surface area (Å²) >= 11 is 0. The normalized spacial score (nSPS) is 16.8. The first-order chi connectivity index (χ1) is 11.5. The third-order valence-corrected chi connectivity index (χ3v) is 3.87. The van der Waals surface area contributed by atoms with Crippen molar-refractivity contribution in [1.82, 2.24) is 20.2 Å². The molecule has 0 bridgehead atoms. The molecule has 1 N–H and O–H groups in total. The number of rotatable bonds is 4. The average Bonchev–Trinajstić information content (AvgIpc) is 3.00. The van der Waals surface area contributed by atoms with Crippen LogP contribution in [0, 0.1) is 12.8 Å². The second kappa shape index (κ2) is 6.43. The predicted octanol–water partition coefficient (Wildman–Crippen LogP) is 2.47. The van der Waals surface area contributed by atoms with E-state index in [9.17, 15) is 4.79 Å². The van der Waals surface area contributed by atoms with Crippen molar-refractivity contribution in [3.63, 3.8) is 0 Å². The van der Waals surface area contributed by atoms with E-state index in [0.717, 1.165) is 11.1 Å². The largest absolute Gasteiger partial charge is 0.462 e. The van der Waals surface area contributed by atoms with E-state index in [-0.39, 0.29) is 11.9 Å². The maximum absolute atomic E-state index is 12.7. The third-order valence-electron chi connectivity index (χ3n) is 3.87. The highest BCUT2D eigenvalue weighted by Crippen LogP contribution is 2.34. The number of nitrogens with one attached hydrogen (secondary N) is 1. The lowest BCUT2D eigenvalue weighted by Gasteiger charge is -2.27. The smallest absolute Gasteiger partial charge is 0.338 e. The molecule has 0 aliphatic carbocycles. The molecule has 1 aromatic heterocycles. The Balaban J connectivity index is 2.03. The fraction of sp³-hybridized carbons (Fsp3) is 0.412. The van der Waals surface area contributed by atoms with Gasteiger partial charge in [-0.1, -0.05) is 48.8 Å². The van der Waals surface area contributed by atoms with Crippen molar-refractivity contribution in [3.05, 3.63) is 46.7 Å². The highest BCUT2D eigenvalue weighted by atomic mass is 16.5. The highest BCUT2D eigenvalue weighted by Gasteiger charge is 2.34. The van der Waals surface area contributed by atoms with Gasteiger partial charge < -0.3 is 10.1 Å². The van der Waals surface area contributed by atoms with Gasteiger partial charge in [0.25, 0.3) is 0 Å². The standard InChI is InChI=1S/C17H21N5O2/c1-10(2)9-24-16(23)14-12(4)18-17-19-20-21-22(17)15(14)13-7-5-11(3)6-8-13/h5-8,10,15H,9H2,1-4H3,(H,18,19,21). The second-order valence-corrected chi connectivity index (χ2v) is 6.42. The van der Waals surface area contributed by atoms with Crippen LogP contribution in [0.4, 0.5) is 5.95 Å². The molecule has 0 fully saturated rings. The zero-order valence-electron chi connectivity index (χ0n) is 14.3. The van der Waals surface area contributed by atoms with Gasteiger partial charge in [-0.3, -0.25) is 0 Å². The molecule has 1 unspecified atom stereocenters. The van der Waals surface area contributed by atoms with Crippen LogP contribution in [0.15, 0.2) is 35.5 Å². The zero-order valence-corrected chi connectivity index (χ0v) is 14.3. The van der Waals surface area contributed by atoms with E-state index >= 15 is 0 Å². The summed E-state index contributed by atoms with van der Waals surface area (Å²) in [6, 6.07) is 7.58. The van der Waals surface area contributed by atoms with Crippen molar-refractivity contribution in [1.29, 1.82) is 0 Å². The Labute approximate surface area is 140 Å². The first-order valence-electron chi connectivity index (χ1n) is 7.96. The zero-order chi connectivity index (χ0) is 17.3. The first-order valence-corrected chi connectivity index (χ1v) is 7.96. The van der Waals surface area contributed by atoms with Crippen molar-refractivity contribution in [2.24, 2.45) is 5.92 Å². The molecule has 0 amide bonds. The summed E-state index contributed by atoms with van der Waals surface area (Å²) in [6.45, 7) is 8.24. The molecule has 7 heteroatoms. The van der Waals surface area contributed by atoms with Crippen LogP contribution >= 0.6 is 0 Å². The van der Waals surface area contributed by atoms with Gasteiger partial charge >= 0.3 is 5.97 Å². The van der Waals surface area contributed by atoms with Gasteiger partial charge in [-0.2, -0.15) is 4.68 Å². The molecule has 3 rings (SSSR count). The van der Waals surface area contributed by atoms with Crippen molar-refractivity contribution in [2.45, 2.75) is 33.7 Å². The second-order valence-electron chi connectivity index (χ2n) is 6.42. The number of nitrogens with zero attached hydrogens (tertiary/aromatic N) is 4. The van der Waals surface area contributed by atoms with Gasteiger partial charge in [-0.25, -0.2) is 4.79 Å². The maximum Gasteiger partial charge on any atom is 0.338 e. The Kier molecular flexibility index (Phi) is 4.33. The van der Waals surface area contributed by atoms with Gasteiger partial charge in [0, 0.05) is 5.70 Å². The van der Waals surface area contributed by atoms with Crippen LogP contribution in [0.25, 0.3) is 0 Å². The van der Waals surface area contributed by atoms with E-state index in [1.807, 2.05) is 52.0 Å². The lowest BCUT2D eigenvalue weighted by molar-refractivity contribution is -0.140. The number of benzene rings is 1. The van der Waals surface area contributed by atoms with Gasteiger partial charge in [0.1, 0.15) is 6.04 Å². The van der Waals surface area contributed by atoms with E-state index in [2.05, 4.69) is 20.8 Å². The van der Waals surface area contributed by atoms with Crippen molar-refractivity contribution >= 4 is 11.9 Å². The summed E-state index contributed by atoms with van der Waals surface area (Å²) in [4.78, 5) is 12.7. The molecule has 0 saturated carbocycles. The SMILES string of the molecule is CC1=C(C(=O)OCC(C)C)C(c2ccc(C)cc2)n2nnnc2N1. The Morgan fingerprint density at radius 3 is 2.67 bits per heavy atom. The molecule has 1 atom stereocenters. The highest BCUT2D eigenvalue weighted by molar-refractivity contribution is 5.92. The number of aryl methyl sites for hydroxylation is 1. The van der Waals surface area contributed by atoms with E-state index in [0.29, 0.717) is 23.8 Å². The van der Waals surface area contributed by atoms with Crippen molar-refractivity contribution < 1.29 is 9.53 Å². The molecule has 2 aromatic rings. The molecule has 1 aliphatic rings. The van der Waals surface area contributed by atoms with Gasteiger partial charge in [0.2, 0.25) is 5.95 Å². The summed E-state index contributed by atoms with van der Waals surface area (Å²) in [7, 11) is 0. The van der Waals surface area contributed by atoms with Crippen LogP contribution in [0.2, 0.25) is 0 Å². The first kappa shape index (κ1) is 16.2. The van der Waals surface area contributed by atoms with E-state index < -0.39 is 6.04 Å². The topological polar surface area (TPSA) is 81.9 Å². The Bertz CT molecular complexity index is 777. The Hall–Kier alpha value is -2.70. The van der Waals surface area contributed by atoms with Gasteiger partial charge in [-0.05, 0) is 35.8 Å². The maximum atomic E-state index is 12.7. The minimum absolute atomic E-state index is 0.271. The van der Waals surface area contributed by atoms with Gasteiger partial charge in [0.15, 0.2) is 0 Å². The van der Waals surface area contributed by atoms with E-state index in [1.165, 1.54) is 0 Å². The number of ether oxygens (including phenoxy) is 1. The Morgan fingerprint density at radius 2 is 2.00 bits per heavy atom. The van der Waals surface area contributed by atoms with Gasteiger partial charge in [0.05, 0.1) is 12.2 Å². The van der Waals surface area contributed by atoms with Crippen LogP contribution in [0.3, 0.4) is 0 Å². The molecule has 1 aromatic carbocycles. The summed E-state index contributed by atoms with van der Waals surface area (Å²) in [5.74, 6) is 0.437. The summed E-state index contributed by atoms with van der Waals surface area (Å²) in [6.07, 6.45) is 0. The predicted molar refractivity (Wildman–Crippen MR) is 89.3 cm³/mol. The van der Waals surface area contributed by atoms with E-state index in [4.69, 9.17) is 4.74 Å². The lowest BCUT2D eigenvalue weighted by Crippen LogP contribution is -2.30. The molecule has 126 valence electrons. The number of esters is 1. The minimum Gasteiger partial charge on any atom is -0.462 e. The molecule has 0 radical (unpaired) electrons. The van der Waals surface area contributed by atoms with Crippen LogP contribution in [0.1, 0.15) is 37.9 Å². The molecule has 1 aliphatic heterocycles. The van der Waals surface area contributed by atoms with Crippen LogP contribution in [-0.2, 0) is 9.53 Å². The summed E-state index contributed by atoms with van der Waals surface area (Å²) in [5.41, 5.74) is 3.32. The average molecular weight is 327 g/mol. The number of fused-ring (bicyclic) bond motifs is 1. The Morgan fingerprint density at radius 1 is 1.29 bits per heavy atom. The quantitative estimate of drug-likeness (QED) is 0.869.